The fourth-order valence-electron chi connectivity index (χ4n) is 3.78. The Morgan fingerprint density at radius 1 is 1.21 bits per heavy atom. The number of hydrogen-bond donors (Lipinski definition) is 1. The van der Waals surface area contributed by atoms with Crippen molar-refractivity contribution in [1.82, 2.24) is 0 Å². The number of benzene rings is 2. The van der Waals surface area contributed by atoms with Gasteiger partial charge in [0.1, 0.15) is 29.8 Å². The van der Waals surface area contributed by atoms with Crippen LogP contribution in [0.1, 0.15) is 36.3 Å². The molecule has 2 aliphatic rings. The van der Waals surface area contributed by atoms with E-state index in [-0.39, 0.29) is 17.2 Å². The molecule has 0 fully saturated rings. The van der Waals surface area contributed by atoms with Crippen molar-refractivity contribution in [2.75, 3.05) is 0 Å². The Labute approximate surface area is 177 Å². The number of halogens is 1. The molecule has 0 aromatic heterocycles. The molecule has 0 amide bonds. The number of nitrogens with two attached hydrogens (primary N) is 1. The number of ether oxygens (including phenoxy) is 2. The Kier molecular flexibility index (Phi) is 5.41. The smallest absolute Gasteiger partial charge is 0.205 e. The van der Waals surface area contributed by atoms with Crippen LogP contribution in [-0.2, 0) is 16.1 Å². The molecule has 0 spiro atoms. The summed E-state index contributed by atoms with van der Waals surface area (Å²) in [7, 11) is 0. The molecule has 1 atom stereocenters. The number of nitriles is 1. The highest BCUT2D eigenvalue weighted by Gasteiger charge is 2.39. The lowest BCUT2D eigenvalue weighted by Gasteiger charge is -2.31. The van der Waals surface area contributed by atoms with Gasteiger partial charge in [0.2, 0.25) is 5.88 Å². The van der Waals surface area contributed by atoms with Crippen LogP contribution in [0, 0.1) is 11.3 Å². The zero-order chi connectivity index (χ0) is 20.4. The van der Waals surface area contributed by atoms with Gasteiger partial charge in [-0.15, -0.1) is 0 Å². The minimum atomic E-state index is -0.597. The number of rotatable bonds is 4. The lowest BCUT2D eigenvalue weighted by molar-refractivity contribution is -0.116. The molecule has 0 unspecified atom stereocenters. The summed E-state index contributed by atoms with van der Waals surface area (Å²) in [6, 6.07) is 17.6. The maximum Gasteiger partial charge on any atom is 0.205 e. The molecule has 146 valence electrons. The maximum absolute atomic E-state index is 12.8. The third kappa shape index (κ3) is 3.79. The molecular weight excluding hydrogens is 432 g/mol. The molecule has 1 heterocycles. The molecule has 1 aliphatic heterocycles. The van der Waals surface area contributed by atoms with Crippen LogP contribution in [0.2, 0.25) is 0 Å². The van der Waals surface area contributed by atoms with E-state index in [2.05, 4.69) is 22.0 Å². The quantitative estimate of drug-likeness (QED) is 0.719. The highest BCUT2D eigenvalue weighted by molar-refractivity contribution is 9.10. The number of carbonyl (C=O) groups is 1. The molecule has 0 saturated heterocycles. The van der Waals surface area contributed by atoms with Gasteiger partial charge in [-0.1, -0.05) is 46.3 Å². The number of ketones is 1. The van der Waals surface area contributed by atoms with Crippen molar-refractivity contribution < 1.29 is 14.3 Å². The fourth-order valence-corrected chi connectivity index (χ4v) is 4.16. The second kappa shape index (κ2) is 8.14. The highest BCUT2D eigenvalue weighted by Crippen LogP contribution is 2.46. The molecule has 4 rings (SSSR count). The SMILES string of the molecule is N#CC1=C(N)OC2=C(C(=O)CCC2)[C@@H]1c1cc(Br)ccc1OCc1ccccc1. The van der Waals surface area contributed by atoms with E-state index < -0.39 is 5.92 Å². The van der Waals surface area contributed by atoms with E-state index in [1.54, 1.807) is 0 Å². The third-order valence-corrected chi connectivity index (χ3v) is 5.62. The summed E-state index contributed by atoms with van der Waals surface area (Å²) in [5.41, 5.74) is 8.56. The Morgan fingerprint density at radius 3 is 2.76 bits per heavy atom. The van der Waals surface area contributed by atoms with Crippen molar-refractivity contribution >= 4 is 21.7 Å². The largest absolute Gasteiger partial charge is 0.489 e. The van der Waals surface area contributed by atoms with E-state index in [0.29, 0.717) is 36.5 Å². The normalized spacial score (nSPS) is 18.8. The number of Topliss-reactive ketones (excluding diaryl/α,β-unsaturated/α-hetero) is 1. The average molecular weight is 451 g/mol. The lowest BCUT2D eigenvalue weighted by atomic mass is 9.77. The maximum atomic E-state index is 12.8. The first-order chi connectivity index (χ1) is 14.1. The Bertz CT molecular complexity index is 1070. The molecule has 1 aliphatic carbocycles. The van der Waals surface area contributed by atoms with Crippen LogP contribution in [0.15, 0.2) is 75.8 Å². The second-order valence-electron chi connectivity index (χ2n) is 6.99. The van der Waals surface area contributed by atoms with E-state index in [1.807, 2.05) is 48.5 Å². The van der Waals surface area contributed by atoms with E-state index in [4.69, 9.17) is 15.2 Å². The van der Waals surface area contributed by atoms with E-state index in [9.17, 15) is 10.1 Å². The molecule has 5 nitrogen and oxygen atoms in total. The molecule has 0 bridgehead atoms. The Hall–Kier alpha value is -3.04. The molecule has 29 heavy (non-hydrogen) atoms. The summed E-state index contributed by atoms with van der Waals surface area (Å²) in [6.45, 7) is 0.375. The van der Waals surface area contributed by atoms with Crippen LogP contribution in [0.3, 0.4) is 0 Å². The van der Waals surface area contributed by atoms with Crippen LogP contribution in [0.5, 0.6) is 5.75 Å². The van der Waals surface area contributed by atoms with Gasteiger partial charge in [-0.25, -0.2) is 0 Å². The summed E-state index contributed by atoms with van der Waals surface area (Å²) in [4.78, 5) is 12.8. The number of nitrogens with zero attached hydrogens (tertiary/aromatic N) is 1. The molecule has 0 radical (unpaired) electrons. The van der Waals surface area contributed by atoms with Gasteiger partial charge in [-0.05, 0) is 30.2 Å². The summed E-state index contributed by atoms with van der Waals surface area (Å²) in [6.07, 6.45) is 1.78. The highest BCUT2D eigenvalue weighted by atomic mass is 79.9. The van der Waals surface area contributed by atoms with Crippen LogP contribution >= 0.6 is 15.9 Å². The van der Waals surface area contributed by atoms with Crippen molar-refractivity contribution in [2.24, 2.45) is 5.73 Å². The Balaban J connectivity index is 1.79. The third-order valence-electron chi connectivity index (χ3n) is 5.12. The van der Waals surface area contributed by atoms with E-state index >= 15 is 0 Å². The van der Waals surface area contributed by atoms with Gasteiger partial charge in [0.05, 0.1) is 5.92 Å². The van der Waals surface area contributed by atoms with Gasteiger partial charge >= 0.3 is 0 Å². The van der Waals surface area contributed by atoms with Crippen molar-refractivity contribution in [3.8, 4) is 11.8 Å². The molecule has 6 heteroatoms. The lowest BCUT2D eigenvalue weighted by Crippen LogP contribution is -2.27. The average Bonchev–Trinajstić information content (AvgIpc) is 2.73. The minimum absolute atomic E-state index is 0.00881. The van der Waals surface area contributed by atoms with E-state index in [0.717, 1.165) is 22.0 Å². The molecular formula is C23H19BrN2O3. The predicted octanol–water partition coefficient (Wildman–Crippen LogP) is 4.84. The van der Waals surface area contributed by atoms with Gasteiger partial charge < -0.3 is 15.2 Å². The van der Waals surface area contributed by atoms with Gasteiger partial charge in [0.25, 0.3) is 0 Å². The van der Waals surface area contributed by atoms with Gasteiger partial charge in [-0.3, -0.25) is 4.79 Å². The second-order valence-corrected chi connectivity index (χ2v) is 7.91. The summed E-state index contributed by atoms with van der Waals surface area (Å²) in [5, 5.41) is 9.78. The van der Waals surface area contributed by atoms with Gasteiger partial charge in [0, 0.05) is 28.5 Å². The summed E-state index contributed by atoms with van der Waals surface area (Å²) in [5.74, 6) is 0.622. The first kappa shape index (κ1) is 19.3. The number of carbonyl (C=O) groups excluding carboxylic acids is 1. The molecule has 2 aromatic carbocycles. The van der Waals surface area contributed by atoms with E-state index in [1.165, 1.54) is 0 Å². The first-order valence-electron chi connectivity index (χ1n) is 9.38. The van der Waals surface area contributed by atoms with Crippen molar-refractivity contribution in [2.45, 2.75) is 31.8 Å². The fraction of sp³-hybridized carbons (Fsp3) is 0.217. The first-order valence-corrected chi connectivity index (χ1v) is 10.2. The molecule has 2 N–H and O–H groups in total. The van der Waals surface area contributed by atoms with Gasteiger partial charge in [-0.2, -0.15) is 5.26 Å². The molecule has 0 saturated carbocycles. The summed E-state index contributed by atoms with van der Waals surface area (Å²) < 4.78 is 12.6. The van der Waals surface area contributed by atoms with Crippen molar-refractivity contribution in [1.29, 1.82) is 5.26 Å². The van der Waals surface area contributed by atoms with Crippen LogP contribution < -0.4 is 10.5 Å². The van der Waals surface area contributed by atoms with Crippen LogP contribution in [0.4, 0.5) is 0 Å². The van der Waals surface area contributed by atoms with Crippen molar-refractivity contribution in [3.63, 3.8) is 0 Å². The monoisotopic (exact) mass is 450 g/mol. The topological polar surface area (TPSA) is 85.3 Å². The molecule has 2 aromatic rings. The predicted molar refractivity (Wildman–Crippen MR) is 111 cm³/mol. The number of hydrogen-bond acceptors (Lipinski definition) is 5. The minimum Gasteiger partial charge on any atom is -0.489 e. The standard InChI is InChI=1S/C23H19BrN2O3/c24-15-9-10-19(28-13-14-5-2-1-3-6-14)16(11-15)21-17(12-25)23(26)29-20-8-4-7-18(27)22(20)21/h1-3,5-6,9-11,21H,4,7-8,13,26H2/t21-/m1/s1. The Morgan fingerprint density at radius 2 is 2.00 bits per heavy atom. The number of allylic oxidation sites excluding steroid dienone is 3. The summed E-state index contributed by atoms with van der Waals surface area (Å²) >= 11 is 3.50. The van der Waals surface area contributed by atoms with Crippen molar-refractivity contribution in [3.05, 3.63) is 86.9 Å². The van der Waals surface area contributed by atoms with Crippen LogP contribution in [-0.4, -0.2) is 5.78 Å². The zero-order valence-corrected chi connectivity index (χ0v) is 17.2. The zero-order valence-electron chi connectivity index (χ0n) is 15.7. The van der Waals surface area contributed by atoms with Crippen LogP contribution in [0.25, 0.3) is 0 Å². The van der Waals surface area contributed by atoms with Gasteiger partial charge in [0.15, 0.2) is 5.78 Å².